The number of aliphatic hydroxyl groups is 1. The van der Waals surface area contributed by atoms with Crippen LogP contribution in [0.5, 0.6) is 11.5 Å². The van der Waals surface area contributed by atoms with E-state index in [1.165, 1.54) is 0 Å². The van der Waals surface area contributed by atoms with E-state index in [4.69, 9.17) is 9.47 Å². The first kappa shape index (κ1) is 14.2. The van der Waals surface area contributed by atoms with E-state index < -0.39 is 6.10 Å². The van der Waals surface area contributed by atoms with E-state index in [0.717, 1.165) is 27.0 Å². The Labute approximate surface area is 131 Å². The van der Waals surface area contributed by atoms with Crippen LogP contribution >= 0.6 is 15.9 Å². The molecule has 1 unspecified atom stereocenters. The standard InChI is InChI=1S/C16H16BrNO3/c1-10-12(17)3-2-4-13(10)18-8-14(19)11-5-6-15-16(7-11)21-9-20-15/h2-7,14,18-19H,8-9H2,1H3. The van der Waals surface area contributed by atoms with E-state index in [1.807, 2.05) is 43.3 Å². The van der Waals surface area contributed by atoms with Crippen molar-refractivity contribution in [1.29, 1.82) is 0 Å². The van der Waals surface area contributed by atoms with Gasteiger partial charge in [-0.25, -0.2) is 0 Å². The highest BCUT2D eigenvalue weighted by atomic mass is 79.9. The van der Waals surface area contributed by atoms with E-state index in [-0.39, 0.29) is 6.79 Å². The van der Waals surface area contributed by atoms with Crippen LogP contribution in [0.25, 0.3) is 0 Å². The molecule has 2 N–H and O–H groups in total. The third-order valence-corrected chi connectivity index (χ3v) is 4.39. The maximum absolute atomic E-state index is 10.3. The van der Waals surface area contributed by atoms with Gasteiger partial charge in [0.1, 0.15) is 0 Å². The van der Waals surface area contributed by atoms with Crippen LogP contribution in [-0.4, -0.2) is 18.4 Å². The van der Waals surface area contributed by atoms with Gasteiger partial charge in [-0.15, -0.1) is 0 Å². The number of benzene rings is 2. The van der Waals surface area contributed by atoms with Crippen LogP contribution in [0.2, 0.25) is 0 Å². The van der Waals surface area contributed by atoms with Gasteiger partial charge in [-0.1, -0.05) is 28.1 Å². The summed E-state index contributed by atoms with van der Waals surface area (Å²) in [4.78, 5) is 0. The summed E-state index contributed by atoms with van der Waals surface area (Å²) in [6, 6.07) is 11.5. The minimum atomic E-state index is -0.613. The maximum atomic E-state index is 10.3. The van der Waals surface area contributed by atoms with Crippen LogP contribution < -0.4 is 14.8 Å². The lowest BCUT2D eigenvalue weighted by Crippen LogP contribution is -2.12. The van der Waals surface area contributed by atoms with Gasteiger partial charge in [0.05, 0.1) is 6.10 Å². The van der Waals surface area contributed by atoms with Gasteiger partial charge in [-0.3, -0.25) is 0 Å². The summed E-state index contributed by atoms with van der Waals surface area (Å²) in [7, 11) is 0. The Balaban J connectivity index is 1.69. The normalized spacial score (nSPS) is 14.0. The number of nitrogens with one attached hydrogen (secondary N) is 1. The summed E-state index contributed by atoms with van der Waals surface area (Å²) in [6.07, 6.45) is -0.613. The van der Waals surface area contributed by atoms with E-state index >= 15 is 0 Å². The Kier molecular flexibility index (Phi) is 4.03. The molecule has 3 rings (SSSR count). The van der Waals surface area contributed by atoms with Gasteiger partial charge < -0.3 is 19.9 Å². The second-order valence-corrected chi connectivity index (χ2v) is 5.78. The number of hydrogen-bond donors (Lipinski definition) is 2. The Morgan fingerprint density at radius 1 is 1.24 bits per heavy atom. The van der Waals surface area contributed by atoms with Crippen molar-refractivity contribution in [3.05, 3.63) is 52.0 Å². The summed E-state index contributed by atoms with van der Waals surface area (Å²) in [6.45, 7) is 2.70. The first-order valence-electron chi connectivity index (χ1n) is 6.72. The van der Waals surface area contributed by atoms with Gasteiger partial charge in [-0.2, -0.15) is 0 Å². The zero-order valence-corrected chi connectivity index (χ0v) is 13.2. The third kappa shape index (κ3) is 2.99. The van der Waals surface area contributed by atoms with Crippen LogP contribution in [0.4, 0.5) is 5.69 Å². The highest BCUT2D eigenvalue weighted by molar-refractivity contribution is 9.10. The molecular formula is C16H16BrNO3. The minimum absolute atomic E-state index is 0.240. The van der Waals surface area contributed by atoms with E-state index in [9.17, 15) is 5.11 Å². The van der Waals surface area contributed by atoms with E-state index in [1.54, 1.807) is 0 Å². The maximum Gasteiger partial charge on any atom is 0.231 e. The Hall–Kier alpha value is -1.72. The monoisotopic (exact) mass is 349 g/mol. The van der Waals surface area contributed by atoms with Crippen LogP contribution in [0.1, 0.15) is 17.2 Å². The van der Waals surface area contributed by atoms with Crippen molar-refractivity contribution in [3.8, 4) is 11.5 Å². The minimum Gasteiger partial charge on any atom is -0.454 e. The van der Waals surface area contributed by atoms with Gasteiger partial charge in [0.2, 0.25) is 6.79 Å². The molecule has 0 bridgehead atoms. The van der Waals surface area contributed by atoms with Gasteiger partial charge in [0.15, 0.2) is 11.5 Å². The molecule has 0 saturated carbocycles. The fourth-order valence-corrected chi connectivity index (χ4v) is 2.61. The van der Waals surface area contributed by atoms with Crippen molar-refractivity contribution in [2.75, 3.05) is 18.7 Å². The Bertz CT molecular complexity index is 660. The zero-order chi connectivity index (χ0) is 14.8. The number of anilines is 1. The van der Waals surface area contributed by atoms with Crippen molar-refractivity contribution < 1.29 is 14.6 Å². The quantitative estimate of drug-likeness (QED) is 0.884. The molecule has 0 fully saturated rings. The fourth-order valence-electron chi connectivity index (χ4n) is 2.24. The topological polar surface area (TPSA) is 50.7 Å². The second kappa shape index (κ2) is 5.95. The molecule has 2 aromatic rings. The number of hydrogen-bond acceptors (Lipinski definition) is 4. The van der Waals surface area contributed by atoms with E-state index in [0.29, 0.717) is 12.3 Å². The van der Waals surface area contributed by atoms with Crippen molar-refractivity contribution in [3.63, 3.8) is 0 Å². The zero-order valence-electron chi connectivity index (χ0n) is 11.6. The number of ether oxygens (including phenoxy) is 2. The highest BCUT2D eigenvalue weighted by Crippen LogP contribution is 2.34. The molecule has 1 aliphatic rings. The molecule has 1 atom stereocenters. The van der Waals surface area contributed by atoms with Crippen molar-refractivity contribution in [1.82, 2.24) is 0 Å². The first-order valence-corrected chi connectivity index (χ1v) is 7.51. The molecular weight excluding hydrogens is 334 g/mol. The predicted octanol–water partition coefficient (Wildman–Crippen LogP) is 3.63. The molecule has 0 radical (unpaired) electrons. The molecule has 0 aromatic heterocycles. The molecule has 2 aromatic carbocycles. The molecule has 5 heteroatoms. The number of halogens is 1. The average Bonchev–Trinajstić information content (AvgIpc) is 2.96. The fraction of sp³-hybridized carbons (Fsp3) is 0.250. The molecule has 1 heterocycles. The second-order valence-electron chi connectivity index (χ2n) is 4.92. The van der Waals surface area contributed by atoms with Gasteiger partial charge in [0.25, 0.3) is 0 Å². The van der Waals surface area contributed by atoms with Gasteiger partial charge >= 0.3 is 0 Å². The Morgan fingerprint density at radius 2 is 2.05 bits per heavy atom. The van der Waals surface area contributed by atoms with Crippen molar-refractivity contribution >= 4 is 21.6 Å². The molecule has 110 valence electrons. The average molecular weight is 350 g/mol. The van der Waals surface area contributed by atoms with Crippen LogP contribution in [0, 0.1) is 6.92 Å². The first-order chi connectivity index (χ1) is 10.1. The van der Waals surface area contributed by atoms with Crippen LogP contribution in [-0.2, 0) is 0 Å². The Morgan fingerprint density at radius 3 is 2.90 bits per heavy atom. The molecule has 21 heavy (non-hydrogen) atoms. The summed E-state index contributed by atoms with van der Waals surface area (Å²) < 4.78 is 11.6. The van der Waals surface area contributed by atoms with Crippen molar-refractivity contribution in [2.24, 2.45) is 0 Å². The lowest BCUT2D eigenvalue weighted by molar-refractivity contribution is 0.173. The lowest BCUT2D eigenvalue weighted by atomic mass is 10.1. The van der Waals surface area contributed by atoms with Gasteiger partial charge in [0, 0.05) is 16.7 Å². The SMILES string of the molecule is Cc1c(Br)cccc1NCC(O)c1ccc2c(c1)OCO2. The number of rotatable bonds is 4. The molecule has 0 saturated heterocycles. The number of fused-ring (bicyclic) bond motifs is 1. The smallest absolute Gasteiger partial charge is 0.231 e. The molecule has 0 spiro atoms. The van der Waals surface area contributed by atoms with Crippen molar-refractivity contribution in [2.45, 2.75) is 13.0 Å². The third-order valence-electron chi connectivity index (χ3n) is 3.53. The molecule has 0 aliphatic carbocycles. The summed E-state index contributed by atoms with van der Waals surface area (Å²) in [5.74, 6) is 1.41. The molecule has 1 aliphatic heterocycles. The van der Waals surface area contributed by atoms with Crippen LogP contribution in [0.3, 0.4) is 0 Å². The highest BCUT2D eigenvalue weighted by Gasteiger charge is 2.16. The summed E-state index contributed by atoms with van der Waals surface area (Å²) in [5, 5.41) is 13.6. The predicted molar refractivity (Wildman–Crippen MR) is 84.9 cm³/mol. The molecule has 0 amide bonds. The van der Waals surface area contributed by atoms with E-state index in [2.05, 4.69) is 21.2 Å². The summed E-state index contributed by atoms with van der Waals surface area (Å²) >= 11 is 3.50. The number of aliphatic hydroxyl groups excluding tert-OH is 1. The lowest BCUT2D eigenvalue weighted by Gasteiger charge is -2.15. The van der Waals surface area contributed by atoms with Crippen LogP contribution in [0.15, 0.2) is 40.9 Å². The molecule has 4 nitrogen and oxygen atoms in total. The summed E-state index contributed by atoms with van der Waals surface area (Å²) in [5.41, 5.74) is 2.93. The largest absolute Gasteiger partial charge is 0.454 e. The van der Waals surface area contributed by atoms with Gasteiger partial charge in [-0.05, 0) is 42.3 Å².